The topological polar surface area (TPSA) is 92.4 Å². The molecule has 1 aromatic carbocycles. The number of carbonyl (C=O) groups is 2. The number of benzene rings is 1. The maximum Gasteiger partial charge on any atom is 0.339 e. The molecule has 0 saturated carbocycles. The van der Waals surface area contributed by atoms with Gasteiger partial charge in [0, 0.05) is 0 Å². The molecule has 0 spiro atoms. The van der Waals surface area contributed by atoms with E-state index in [2.05, 4.69) is 5.10 Å². The fourth-order valence-electron chi connectivity index (χ4n) is 2.13. The summed E-state index contributed by atoms with van der Waals surface area (Å²) < 4.78 is 1.50. The van der Waals surface area contributed by atoms with Crippen LogP contribution in [0.3, 0.4) is 0 Å². The van der Waals surface area contributed by atoms with Crippen molar-refractivity contribution in [2.75, 3.05) is 0 Å². The summed E-state index contributed by atoms with van der Waals surface area (Å²) in [5, 5.41) is 22.4. The Balaban J connectivity index is 2.55. The molecule has 21 heavy (non-hydrogen) atoms. The summed E-state index contributed by atoms with van der Waals surface area (Å²) in [4.78, 5) is 22.3. The third kappa shape index (κ3) is 3.10. The molecule has 0 fully saturated rings. The van der Waals surface area contributed by atoms with E-state index < -0.39 is 11.9 Å². The lowest BCUT2D eigenvalue weighted by Crippen LogP contribution is -2.10. The van der Waals surface area contributed by atoms with Crippen LogP contribution in [0.5, 0.6) is 0 Å². The van der Waals surface area contributed by atoms with Crippen LogP contribution >= 0.6 is 0 Å². The minimum Gasteiger partial charge on any atom is -0.478 e. The molecular weight excluding hydrogens is 272 g/mol. The Bertz CT molecular complexity index is 689. The summed E-state index contributed by atoms with van der Waals surface area (Å²) in [6.07, 6.45) is 1.84. The number of carboxylic acid groups (broad SMARTS) is 2. The Hall–Kier alpha value is -2.63. The summed E-state index contributed by atoms with van der Waals surface area (Å²) in [6, 6.07) is 6.27. The first kappa shape index (κ1) is 14.8. The van der Waals surface area contributed by atoms with Gasteiger partial charge in [0.15, 0.2) is 0 Å². The van der Waals surface area contributed by atoms with Gasteiger partial charge < -0.3 is 10.2 Å². The van der Waals surface area contributed by atoms with Gasteiger partial charge in [-0.1, -0.05) is 19.9 Å². The standard InChI is InChI=1S/C15H16N2O4/c1-9(2)6-13-12(15(20)21)8-16-17(13)11-5-3-4-10(7-11)14(18)19/h3-5,7-9H,6H2,1-2H3,(H,18,19)(H,20,21). The minimum absolute atomic E-state index is 0.135. The molecule has 110 valence electrons. The molecule has 0 aliphatic rings. The molecule has 0 amide bonds. The molecule has 0 bridgehead atoms. The number of carboxylic acids is 2. The molecule has 6 heteroatoms. The Morgan fingerprint density at radius 1 is 1.24 bits per heavy atom. The third-order valence-corrected chi connectivity index (χ3v) is 3.04. The van der Waals surface area contributed by atoms with Crippen LogP contribution in [0.4, 0.5) is 0 Å². The van der Waals surface area contributed by atoms with E-state index in [0.29, 0.717) is 17.8 Å². The van der Waals surface area contributed by atoms with Gasteiger partial charge in [-0.3, -0.25) is 0 Å². The third-order valence-electron chi connectivity index (χ3n) is 3.04. The Morgan fingerprint density at radius 3 is 2.52 bits per heavy atom. The highest BCUT2D eigenvalue weighted by atomic mass is 16.4. The zero-order chi connectivity index (χ0) is 15.6. The van der Waals surface area contributed by atoms with Crippen molar-refractivity contribution < 1.29 is 19.8 Å². The summed E-state index contributed by atoms with van der Waals surface area (Å²) in [5.41, 5.74) is 1.39. The predicted molar refractivity (Wildman–Crippen MR) is 76.0 cm³/mol. The number of hydrogen-bond donors (Lipinski definition) is 2. The van der Waals surface area contributed by atoms with Crippen LogP contribution in [-0.2, 0) is 6.42 Å². The smallest absolute Gasteiger partial charge is 0.339 e. The van der Waals surface area contributed by atoms with E-state index in [4.69, 9.17) is 5.11 Å². The van der Waals surface area contributed by atoms with Crippen LogP contribution in [0.2, 0.25) is 0 Å². The van der Waals surface area contributed by atoms with Gasteiger partial charge in [0.1, 0.15) is 5.56 Å². The Kier molecular flexibility index (Phi) is 4.07. The van der Waals surface area contributed by atoms with Crippen molar-refractivity contribution in [3.05, 3.63) is 47.3 Å². The molecule has 2 N–H and O–H groups in total. The molecular formula is C15H16N2O4. The van der Waals surface area contributed by atoms with Gasteiger partial charge in [-0.05, 0) is 30.5 Å². The second kappa shape index (κ2) is 5.78. The fourth-order valence-corrected chi connectivity index (χ4v) is 2.13. The van der Waals surface area contributed by atoms with E-state index in [1.807, 2.05) is 13.8 Å². The molecule has 1 aromatic heterocycles. The lowest BCUT2D eigenvalue weighted by atomic mass is 10.0. The van der Waals surface area contributed by atoms with Crippen molar-refractivity contribution >= 4 is 11.9 Å². The number of aromatic carboxylic acids is 2. The molecule has 0 aliphatic carbocycles. The highest BCUT2D eigenvalue weighted by Crippen LogP contribution is 2.19. The quantitative estimate of drug-likeness (QED) is 0.881. The van der Waals surface area contributed by atoms with E-state index in [9.17, 15) is 14.7 Å². The van der Waals surface area contributed by atoms with E-state index in [0.717, 1.165) is 0 Å². The maximum atomic E-state index is 11.3. The summed E-state index contributed by atoms with van der Waals surface area (Å²) in [6.45, 7) is 3.97. The first-order valence-electron chi connectivity index (χ1n) is 6.54. The van der Waals surface area contributed by atoms with Gasteiger partial charge in [0.05, 0.1) is 23.1 Å². The van der Waals surface area contributed by atoms with E-state index in [1.54, 1.807) is 12.1 Å². The molecule has 6 nitrogen and oxygen atoms in total. The predicted octanol–water partition coefficient (Wildman–Crippen LogP) is 2.47. The molecule has 2 rings (SSSR count). The molecule has 0 saturated heterocycles. The van der Waals surface area contributed by atoms with Gasteiger partial charge in [0.25, 0.3) is 0 Å². The van der Waals surface area contributed by atoms with Crippen LogP contribution < -0.4 is 0 Å². The van der Waals surface area contributed by atoms with Crippen LogP contribution in [0.15, 0.2) is 30.5 Å². The molecule has 1 heterocycles. The number of rotatable bonds is 5. The highest BCUT2D eigenvalue weighted by molar-refractivity contribution is 5.89. The number of nitrogens with zero attached hydrogens (tertiary/aromatic N) is 2. The average molecular weight is 288 g/mol. The van der Waals surface area contributed by atoms with Gasteiger partial charge in [-0.15, -0.1) is 0 Å². The molecule has 0 radical (unpaired) electrons. The van der Waals surface area contributed by atoms with Crippen LogP contribution in [-0.4, -0.2) is 31.9 Å². The fraction of sp³-hybridized carbons (Fsp3) is 0.267. The minimum atomic E-state index is -1.04. The zero-order valence-corrected chi connectivity index (χ0v) is 11.8. The van der Waals surface area contributed by atoms with Crippen molar-refractivity contribution in [2.45, 2.75) is 20.3 Å². The van der Waals surface area contributed by atoms with Crippen LogP contribution in [0.1, 0.15) is 40.3 Å². The lowest BCUT2D eigenvalue weighted by molar-refractivity contribution is 0.0685. The van der Waals surface area contributed by atoms with Crippen molar-refractivity contribution in [1.29, 1.82) is 0 Å². The van der Waals surface area contributed by atoms with Crippen molar-refractivity contribution in [1.82, 2.24) is 9.78 Å². The van der Waals surface area contributed by atoms with E-state index in [-0.39, 0.29) is 17.0 Å². The molecule has 0 aliphatic heterocycles. The maximum absolute atomic E-state index is 11.3. The summed E-state index contributed by atoms with van der Waals surface area (Å²) in [5.74, 6) is -1.82. The zero-order valence-electron chi connectivity index (χ0n) is 11.8. The van der Waals surface area contributed by atoms with E-state index in [1.165, 1.54) is 23.0 Å². The SMILES string of the molecule is CC(C)Cc1c(C(=O)O)cnn1-c1cccc(C(=O)O)c1. The van der Waals surface area contributed by atoms with Crippen LogP contribution in [0, 0.1) is 5.92 Å². The van der Waals surface area contributed by atoms with Crippen molar-refractivity contribution in [2.24, 2.45) is 5.92 Å². The first-order chi connectivity index (χ1) is 9.90. The van der Waals surface area contributed by atoms with Crippen molar-refractivity contribution in [3.8, 4) is 5.69 Å². The van der Waals surface area contributed by atoms with Crippen LogP contribution in [0.25, 0.3) is 5.69 Å². The van der Waals surface area contributed by atoms with Crippen molar-refractivity contribution in [3.63, 3.8) is 0 Å². The Labute approximate surface area is 121 Å². The largest absolute Gasteiger partial charge is 0.478 e. The monoisotopic (exact) mass is 288 g/mol. The van der Waals surface area contributed by atoms with Gasteiger partial charge in [0.2, 0.25) is 0 Å². The second-order valence-electron chi connectivity index (χ2n) is 5.18. The number of hydrogen-bond acceptors (Lipinski definition) is 3. The normalized spacial score (nSPS) is 10.8. The first-order valence-corrected chi connectivity index (χ1v) is 6.54. The summed E-state index contributed by atoms with van der Waals surface area (Å²) in [7, 11) is 0. The van der Waals surface area contributed by atoms with E-state index >= 15 is 0 Å². The molecule has 0 unspecified atom stereocenters. The lowest BCUT2D eigenvalue weighted by Gasteiger charge is -2.11. The van der Waals surface area contributed by atoms with Gasteiger partial charge >= 0.3 is 11.9 Å². The number of aromatic nitrogens is 2. The molecule has 0 atom stereocenters. The van der Waals surface area contributed by atoms with Gasteiger partial charge in [-0.2, -0.15) is 5.10 Å². The highest BCUT2D eigenvalue weighted by Gasteiger charge is 2.19. The summed E-state index contributed by atoms with van der Waals surface area (Å²) >= 11 is 0. The second-order valence-corrected chi connectivity index (χ2v) is 5.18. The van der Waals surface area contributed by atoms with Gasteiger partial charge in [-0.25, -0.2) is 14.3 Å². The average Bonchev–Trinajstić information content (AvgIpc) is 2.81. The Morgan fingerprint density at radius 2 is 1.95 bits per heavy atom. The molecule has 2 aromatic rings.